The molecule has 1 fully saturated rings. The monoisotopic (exact) mass is 285 g/mol. The van der Waals surface area contributed by atoms with Crippen molar-refractivity contribution in [3.05, 3.63) is 23.7 Å². The van der Waals surface area contributed by atoms with E-state index in [0.717, 1.165) is 0 Å². The minimum Gasteiger partial charge on any atom is -0.456 e. The number of carbonyl (C=O) groups excluding carboxylic acids is 1. The van der Waals surface area contributed by atoms with Gasteiger partial charge in [0.15, 0.2) is 5.76 Å². The Balaban J connectivity index is 2.05. The van der Waals surface area contributed by atoms with Gasteiger partial charge in [-0.1, -0.05) is 0 Å². The zero-order chi connectivity index (χ0) is 14.0. The number of rotatable bonds is 2. The van der Waals surface area contributed by atoms with Gasteiger partial charge in [-0.15, -0.1) is 0 Å². The maximum absolute atomic E-state index is 12.2. The van der Waals surface area contributed by atoms with Crippen LogP contribution in [0.3, 0.4) is 0 Å². The molecule has 1 unspecified atom stereocenters. The molecule has 1 atom stereocenters. The first-order valence-electron chi connectivity index (χ1n) is 6.42. The molecule has 2 heterocycles. The third-order valence-corrected chi connectivity index (χ3v) is 5.20. The van der Waals surface area contributed by atoms with Crippen molar-refractivity contribution in [3.8, 4) is 0 Å². The van der Waals surface area contributed by atoms with Gasteiger partial charge in [-0.2, -0.15) is 0 Å². The molecule has 6 heteroatoms. The predicted octanol–water partition coefficient (Wildman–Crippen LogP) is 1.63. The van der Waals surface area contributed by atoms with Gasteiger partial charge in [0.05, 0.1) is 5.25 Å². The summed E-state index contributed by atoms with van der Waals surface area (Å²) in [5.74, 6) is 0.879. The zero-order valence-electron chi connectivity index (χ0n) is 11.3. The Hall–Kier alpha value is -1.30. The van der Waals surface area contributed by atoms with Gasteiger partial charge in [0.25, 0.3) is 5.91 Å². The van der Waals surface area contributed by atoms with E-state index in [2.05, 4.69) is 0 Å². The molecule has 0 bridgehead atoms. The molecule has 19 heavy (non-hydrogen) atoms. The molecule has 0 N–H and O–H groups in total. The molecule has 0 saturated carbocycles. The quantitative estimate of drug-likeness (QED) is 0.828. The number of hydrogen-bond donors (Lipinski definition) is 0. The topological polar surface area (TPSA) is 67.6 Å². The van der Waals surface area contributed by atoms with E-state index in [9.17, 15) is 13.2 Å². The Kier molecular flexibility index (Phi) is 3.99. The van der Waals surface area contributed by atoms with E-state index in [-0.39, 0.29) is 11.2 Å². The fourth-order valence-electron chi connectivity index (χ4n) is 2.40. The normalized spacial score (nSPS) is 21.2. The lowest BCUT2D eigenvalue weighted by molar-refractivity contribution is 0.0728. The lowest BCUT2D eigenvalue weighted by Crippen LogP contribution is -2.32. The Morgan fingerprint density at radius 3 is 2.63 bits per heavy atom. The number of sulfone groups is 1. The molecule has 0 aliphatic carbocycles. The number of likely N-dealkylation sites (tertiary alicyclic amines) is 1. The summed E-state index contributed by atoms with van der Waals surface area (Å²) in [5.41, 5.74) is 0. The maximum Gasteiger partial charge on any atom is 0.289 e. The van der Waals surface area contributed by atoms with Crippen molar-refractivity contribution in [1.29, 1.82) is 0 Å². The number of furan rings is 1. The number of hydrogen-bond acceptors (Lipinski definition) is 4. The molecular weight excluding hydrogens is 266 g/mol. The molecule has 1 aromatic rings. The Labute approximate surface area is 113 Å². The highest BCUT2D eigenvalue weighted by Gasteiger charge is 2.27. The van der Waals surface area contributed by atoms with E-state index < -0.39 is 9.84 Å². The van der Waals surface area contributed by atoms with Gasteiger partial charge in [0.1, 0.15) is 15.6 Å². The predicted molar refractivity (Wildman–Crippen MR) is 71.8 cm³/mol. The van der Waals surface area contributed by atoms with E-state index in [1.165, 1.54) is 6.26 Å². The Morgan fingerprint density at radius 2 is 2.05 bits per heavy atom. The highest BCUT2D eigenvalue weighted by Crippen LogP contribution is 2.19. The summed E-state index contributed by atoms with van der Waals surface area (Å²) in [7, 11) is -3.02. The van der Waals surface area contributed by atoms with Crippen molar-refractivity contribution in [1.82, 2.24) is 4.90 Å². The van der Waals surface area contributed by atoms with Crippen LogP contribution in [0, 0.1) is 6.92 Å². The number of aryl methyl sites for hydroxylation is 1. The third-order valence-electron chi connectivity index (χ3n) is 3.52. The molecule has 1 aromatic heterocycles. The van der Waals surface area contributed by atoms with E-state index in [1.807, 2.05) is 0 Å². The standard InChI is InChI=1S/C13H19NO4S/c1-10-5-6-12(18-10)13(15)14-8-3-4-11(7-9-14)19(2,16)17/h5-6,11H,3-4,7-9H2,1-2H3. The van der Waals surface area contributed by atoms with Gasteiger partial charge in [-0.25, -0.2) is 8.42 Å². The number of amides is 1. The second-order valence-corrected chi connectivity index (χ2v) is 7.41. The summed E-state index contributed by atoms with van der Waals surface area (Å²) < 4.78 is 28.5. The fraction of sp³-hybridized carbons (Fsp3) is 0.615. The maximum atomic E-state index is 12.2. The van der Waals surface area contributed by atoms with E-state index in [4.69, 9.17) is 4.42 Å². The average Bonchev–Trinajstić information content (AvgIpc) is 2.62. The number of nitrogens with zero attached hydrogens (tertiary/aromatic N) is 1. The number of carbonyl (C=O) groups is 1. The van der Waals surface area contributed by atoms with Crippen LogP contribution in [-0.4, -0.2) is 43.8 Å². The van der Waals surface area contributed by atoms with Crippen molar-refractivity contribution in [3.63, 3.8) is 0 Å². The lowest BCUT2D eigenvalue weighted by Gasteiger charge is -2.19. The highest BCUT2D eigenvalue weighted by atomic mass is 32.2. The van der Waals surface area contributed by atoms with Crippen LogP contribution in [0.25, 0.3) is 0 Å². The molecule has 0 radical (unpaired) electrons. The summed E-state index contributed by atoms with van der Waals surface area (Å²) in [6, 6.07) is 3.42. The van der Waals surface area contributed by atoms with Gasteiger partial charge in [-0.3, -0.25) is 4.79 Å². The second-order valence-electron chi connectivity index (χ2n) is 5.08. The van der Waals surface area contributed by atoms with Gasteiger partial charge in [0, 0.05) is 19.3 Å². The second kappa shape index (κ2) is 5.36. The lowest BCUT2D eigenvalue weighted by atomic mass is 10.2. The van der Waals surface area contributed by atoms with Crippen molar-refractivity contribution >= 4 is 15.7 Å². The Morgan fingerprint density at radius 1 is 1.32 bits per heavy atom. The first-order chi connectivity index (χ1) is 8.88. The van der Waals surface area contributed by atoms with Gasteiger partial charge in [-0.05, 0) is 38.3 Å². The molecular formula is C13H19NO4S. The summed E-state index contributed by atoms with van der Waals surface area (Å²) in [6.45, 7) is 2.85. The van der Waals surface area contributed by atoms with E-state index in [1.54, 1.807) is 24.0 Å². The van der Waals surface area contributed by atoms with Crippen molar-refractivity contribution < 1.29 is 17.6 Å². The van der Waals surface area contributed by atoms with Crippen LogP contribution in [-0.2, 0) is 9.84 Å². The SMILES string of the molecule is Cc1ccc(C(=O)N2CCCC(S(C)(=O)=O)CC2)o1. The molecule has 0 aromatic carbocycles. The van der Waals surface area contributed by atoms with Crippen molar-refractivity contribution in [2.45, 2.75) is 31.4 Å². The molecule has 2 rings (SSSR count). The Bertz CT molecular complexity index is 561. The molecule has 1 saturated heterocycles. The summed E-state index contributed by atoms with van der Waals surface area (Å²) in [5, 5.41) is -0.330. The van der Waals surface area contributed by atoms with Crippen LogP contribution < -0.4 is 0 Å². The van der Waals surface area contributed by atoms with Crippen molar-refractivity contribution in [2.75, 3.05) is 19.3 Å². The first kappa shape index (κ1) is 14.1. The van der Waals surface area contributed by atoms with Gasteiger partial charge < -0.3 is 9.32 Å². The third kappa shape index (κ3) is 3.37. The molecule has 0 spiro atoms. The zero-order valence-corrected chi connectivity index (χ0v) is 12.1. The molecule has 1 amide bonds. The van der Waals surface area contributed by atoms with Gasteiger partial charge >= 0.3 is 0 Å². The highest BCUT2D eigenvalue weighted by molar-refractivity contribution is 7.91. The summed E-state index contributed by atoms with van der Waals surface area (Å²) in [6.07, 6.45) is 3.11. The van der Waals surface area contributed by atoms with E-state index in [0.29, 0.717) is 43.9 Å². The van der Waals surface area contributed by atoms with E-state index >= 15 is 0 Å². The summed E-state index contributed by atoms with van der Waals surface area (Å²) >= 11 is 0. The molecule has 106 valence electrons. The van der Waals surface area contributed by atoms with Crippen LogP contribution in [0.2, 0.25) is 0 Å². The molecule has 1 aliphatic rings. The molecule has 5 nitrogen and oxygen atoms in total. The van der Waals surface area contributed by atoms with Crippen LogP contribution in [0.4, 0.5) is 0 Å². The summed E-state index contributed by atoms with van der Waals surface area (Å²) in [4.78, 5) is 13.9. The van der Waals surface area contributed by atoms with Crippen LogP contribution in [0.5, 0.6) is 0 Å². The minimum atomic E-state index is -3.02. The van der Waals surface area contributed by atoms with Gasteiger partial charge in [0.2, 0.25) is 0 Å². The average molecular weight is 285 g/mol. The first-order valence-corrected chi connectivity index (χ1v) is 8.38. The van der Waals surface area contributed by atoms with Crippen LogP contribution >= 0.6 is 0 Å². The minimum absolute atomic E-state index is 0.151. The molecule has 1 aliphatic heterocycles. The smallest absolute Gasteiger partial charge is 0.289 e. The van der Waals surface area contributed by atoms with Crippen LogP contribution in [0.15, 0.2) is 16.5 Å². The van der Waals surface area contributed by atoms with Crippen LogP contribution in [0.1, 0.15) is 35.6 Å². The van der Waals surface area contributed by atoms with Crippen molar-refractivity contribution in [2.24, 2.45) is 0 Å². The fourth-order valence-corrected chi connectivity index (χ4v) is 3.53. The largest absolute Gasteiger partial charge is 0.456 e.